The number of aromatic nitrogens is 3. The minimum Gasteiger partial charge on any atom is -0.296 e. The van der Waals surface area contributed by atoms with Gasteiger partial charge in [0.05, 0.1) is 11.4 Å². The summed E-state index contributed by atoms with van der Waals surface area (Å²) in [5.41, 5.74) is 2.56. The number of thiazole rings is 1. The first-order valence-corrected chi connectivity index (χ1v) is 7.67. The van der Waals surface area contributed by atoms with Gasteiger partial charge in [-0.3, -0.25) is 14.8 Å². The van der Waals surface area contributed by atoms with Crippen LogP contribution in [0.1, 0.15) is 47.0 Å². The fourth-order valence-corrected chi connectivity index (χ4v) is 2.99. The van der Waals surface area contributed by atoms with Gasteiger partial charge < -0.3 is 0 Å². The van der Waals surface area contributed by atoms with E-state index in [-0.39, 0.29) is 5.91 Å². The zero-order chi connectivity index (χ0) is 14.7. The monoisotopic (exact) mass is 292 g/mol. The van der Waals surface area contributed by atoms with E-state index in [0.717, 1.165) is 35.5 Å². The Morgan fingerprint density at radius 3 is 2.80 bits per heavy atom. The van der Waals surface area contributed by atoms with E-state index < -0.39 is 0 Å². The van der Waals surface area contributed by atoms with E-state index in [9.17, 15) is 4.79 Å². The van der Waals surface area contributed by atoms with Crippen LogP contribution in [-0.2, 0) is 19.9 Å². The van der Waals surface area contributed by atoms with Crippen molar-refractivity contribution >= 4 is 22.4 Å². The summed E-state index contributed by atoms with van der Waals surface area (Å²) in [6, 6.07) is 1.85. The number of aryl methyl sites for hydroxylation is 4. The first-order chi connectivity index (χ1) is 9.55. The van der Waals surface area contributed by atoms with Gasteiger partial charge in [0.15, 0.2) is 5.13 Å². The minimum atomic E-state index is -0.154. The largest absolute Gasteiger partial charge is 0.296 e. The predicted molar refractivity (Wildman–Crippen MR) is 81.4 cm³/mol. The van der Waals surface area contributed by atoms with Gasteiger partial charge >= 0.3 is 0 Å². The highest BCUT2D eigenvalue weighted by molar-refractivity contribution is 7.15. The molecule has 2 aromatic heterocycles. The average molecular weight is 292 g/mol. The van der Waals surface area contributed by atoms with Crippen LogP contribution < -0.4 is 5.32 Å². The summed E-state index contributed by atoms with van der Waals surface area (Å²) >= 11 is 1.51. The average Bonchev–Trinajstić information content (AvgIpc) is 2.93. The maximum atomic E-state index is 12.3. The zero-order valence-corrected chi connectivity index (χ0v) is 13.2. The molecule has 0 saturated heterocycles. The van der Waals surface area contributed by atoms with Crippen LogP contribution in [0.2, 0.25) is 0 Å². The van der Waals surface area contributed by atoms with E-state index in [1.54, 1.807) is 11.7 Å². The zero-order valence-electron chi connectivity index (χ0n) is 12.4. The molecule has 2 heterocycles. The normalized spacial score (nSPS) is 10.8. The van der Waals surface area contributed by atoms with Gasteiger partial charge in [0.1, 0.15) is 5.69 Å². The van der Waals surface area contributed by atoms with Crippen LogP contribution in [0, 0.1) is 6.92 Å². The quantitative estimate of drug-likeness (QED) is 0.921. The molecule has 5 nitrogen and oxygen atoms in total. The Morgan fingerprint density at radius 1 is 1.45 bits per heavy atom. The molecule has 0 radical (unpaired) electrons. The van der Waals surface area contributed by atoms with Crippen molar-refractivity contribution in [3.63, 3.8) is 0 Å². The lowest BCUT2D eigenvalue weighted by Crippen LogP contribution is -2.15. The third-order valence-corrected chi connectivity index (χ3v) is 4.05. The molecule has 0 aliphatic carbocycles. The molecule has 1 N–H and O–H groups in total. The second kappa shape index (κ2) is 6.17. The van der Waals surface area contributed by atoms with Crippen molar-refractivity contribution in [3.8, 4) is 0 Å². The molecule has 0 aromatic carbocycles. The number of hydrogen-bond donors (Lipinski definition) is 1. The second-order valence-electron chi connectivity index (χ2n) is 4.72. The third kappa shape index (κ3) is 3.07. The first kappa shape index (κ1) is 14.7. The Labute approximate surface area is 123 Å². The highest BCUT2D eigenvalue weighted by Gasteiger charge is 2.15. The minimum absolute atomic E-state index is 0.154. The third-order valence-electron chi connectivity index (χ3n) is 3.12. The lowest BCUT2D eigenvalue weighted by molar-refractivity contribution is 0.101. The fraction of sp³-hybridized carbons (Fsp3) is 0.500. The van der Waals surface area contributed by atoms with E-state index >= 15 is 0 Å². The standard InChI is InChI=1S/C14H20N4OS/c1-5-7-10-8-12(18(4)17-10)13(19)16-14-15-11(6-2)9(3)20-14/h8H,5-7H2,1-4H3,(H,15,16,19). The molecule has 0 fully saturated rings. The van der Waals surface area contributed by atoms with Crippen LogP contribution in [-0.4, -0.2) is 20.7 Å². The van der Waals surface area contributed by atoms with Crippen molar-refractivity contribution in [1.82, 2.24) is 14.8 Å². The van der Waals surface area contributed by atoms with E-state index in [4.69, 9.17) is 0 Å². The molecule has 0 saturated carbocycles. The molecule has 0 atom stereocenters. The lowest BCUT2D eigenvalue weighted by atomic mass is 10.2. The van der Waals surface area contributed by atoms with Gasteiger partial charge in [-0.1, -0.05) is 20.3 Å². The van der Waals surface area contributed by atoms with Gasteiger partial charge in [-0.25, -0.2) is 4.98 Å². The highest BCUT2D eigenvalue weighted by Crippen LogP contribution is 2.22. The molecule has 0 aliphatic rings. The molecule has 2 aromatic rings. The van der Waals surface area contributed by atoms with Gasteiger partial charge in [0.25, 0.3) is 5.91 Å². The summed E-state index contributed by atoms with van der Waals surface area (Å²) in [4.78, 5) is 17.8. The molecule has 0 unspecified atom stereocenters. The Morgan fingerprint density at radius 2 is 2.20 bits per heavy atom. The summed E-state index contributed by atoms with van der Waals surface area (Å²) < 4.78 is 1.63. The predicted octanol–water partition coefficient (Wildman–Crippen LogP) is 2.95. The van der Waals surface area contributed by atoms with Crippen molar-refractivity contribution in [3.05, 3.63) is 28.0 Å². The first-order valence-electron chi connectivity index (χ1n) is 6.85. The SMILES string of the molecule is CCCc1cc(C(=O)Nc2nc(CC)c(C)s2)n(C)n1. The number of rotatable bonds is 5. The maximum absolute atomic E-state index is 12.3. The molecule has 0 aliphatic heterocycles. The number of anilines is 1. The summed E-state index contributed by atoms with van der Waals surface area (Å²) in [7, 11) is 1.79. The van der Waals surface area contributed by atoms with Gasteiger partial charge in [0, 0.05) is 11.9 Å². The van der Waals surface area contributed by atoms with E-state index in [0.29, 0.717) is 10.8 Å². The molecule has 20 heavy (non-hydrogen) atoms. The van der Waals surface area contributed by atoms with E-state index in [2.05, 4.69) is 29.2 Å². The Kier molecular flexibility index (Phi) is 4.54. The van der Waals surface area contributed by atoms with Crippen LogP contribution in [0.15, 0.2) is 6.07 Å². The molecular weight excluding hydrogens is 272 g/mol. The van der Waals surface area contributed by atoms with Crippen molar-refractivity contribution < 1.29 is 4.79 Å². The van der Waals surface area contributed by atoms with Crippen molar-refractivity contribution in [1.29, 1.82) is 0 Å². The smallest absolute Gasteiger partial charge is 0.275 e. The van der Waals surface area contributed by atoms with Crippen LogP contribution in [0.3, 0.4) is 0 Å². The number of nitrogens with zero attached hydrogens (tertiary/aromatic N) is 3. The number of carbonyl (C=O) groups is 1. The topological polar surface area (TPSA) is 59.8 Å². The molecular formula is C14H20N4OS. The fourth-order valence-electron chi connectivity index (χ4n) is 2.09. The lowest BCUT2D eigenvalue weighted by Gasteiger charge is -2.01. The van der Waals surface area contributed by atoms with Crippen molar-refractivity contribution in [2.45, 2.75) is 40.0 Å². The molecule has 0 spiro atoms. The number of amides is 1. The highest BCUT2D eigenvalue weighted by atomic mass is 32.1. The summed E-state index contributed by atoms with van der Waals surface area (Å²) in [5, 5.41) is 7.85. The van der Waals surface area contributed by atoms with Gasteiger partial charge in [0.2, 0.25) is 0 Å². The molecule has 0 bridgehead atoms. The van der Waals surface area contributed by atoms with Crippen LogP contribution in [0.4, 0.5) is 5.13 Å². The van der Waals surface area contributed by atoms with Gasteiger partial charge in [-0.15, -0.1) is 11.3 Å². The van der Waals surface area contributed by atoms with Crippen molar-refractivity contribution in [2.24, 2.45) is 7.05 Å². The molecule has 108 valence electrons. The van der Waals surface area contributed by atoms with Crippen LogP contribution >= 0.6 is 11.3 Å². The number of nitrogens with one attached hydrogen (secondary N) is 1. The van der Waals surface area contributed by atoms with Gasteiger partial charge in [-0.05, 0) is 25.8 Å². The van der Waals surface area contributed by atoms with E-state index in [1.807, 2.05) is 13.0 Å². The molecule has 6 heteroatoms. The van der Waals surface area contributed by atoms with Crippen LogP contribution in [0.5, 0.6) is 0 Å². The maximum Gasteiger partial charge on any atom is 0.275 e. The summed E-state index contributed by atoms with van der Waals surface area (Å²) in [6.07, 6.45) is 2.78. The molecule has 1 amide bonds. The number of carbonyl (C=O) groups excluding carboxylic acids is 1. The van der Waals surface area contributed by atoms with Crippen molar-refractivity contribution in [2.75, 3.05) is 5.32 Å². The van der Waals surface area contributed by atoms with E-state index in [1.165, 1.54) is 11.3 Å². The van der Waals surface area contributed by atoms with Gasteiger partial charge in [-0.2, -0.15) is 5.10 Å². The Bertz CT molecular complexity index is 615. The second-order valence-corrected chi connectivity index (χ2v) is 5.93. The van der Waals surface area contributed by atoms with Crippen LogP contribution in [0.25, 0.3) is 0 Å². The summed E-state index contributed by atoms with van der Waals surface area (Å²) in [6.45, 7) is 6.18. The Balaban J connectivity index is 2.14. The number of hydrogen-bond acceptors (Lipinski definition) is 4. The Hall–Kier alpha value is -1.69. The molecule has 2 rings (SSSR count). The summed E-state index contributed by atoms with van der Waals surface area (Å²) in [5.74, 6) is -0.154.